The lowest BCUT2D eigenvalue weighted by atomic mass is 9.95. The fourth-order valence-corrected chi connectivity index (χ4v) is 4.34. The minimum atomic E-state index is -0.704. The van der Waals surface area contributed by atoms with Crippen LogP contribution in [-0.4, -0.2) is 0 Å². The van der Waals surface area contributed by atoms with Gasteiger partial charge in [0.1, 0.15) is 23.5 Å². The summed E-state index contributed by atoms with van der Waals surface area (Å²) in [4.78, 5) is 0. The number of aryl methyl sites for hydroxylation is 1. The molecule has 0 aliphatic carbocycles. The second kappa shape index (κ2) is 10.6. The van der Waals surface area contributed by atoms with Gasteiger partial charge in [0.15, 0.2) is 0 Å². The van der Waals surface area contributed by atoms with Crippen molar-refractivity contribution >= 4 is 10.8 Å². The average molecular weight is 458 g/mol. The molecule has 0 amide bonds. The minimum absolute atomic E-state index is 0.0985. The minimum Gasteiger partial charge on any atom is -0.206 e. The van der Waals surface area contributed by atoms with E-state index in [9.17, 15) is 8.78 Å². The SMILES string of the molecule is CCCCCCCc1ccc2c(F)c(-c3ccc(-c4ccc(C#N)c(F)c4)c(F)c3)ccc2c1. The molecule has 0 unspecified atom stereocenters. The summed E-state index contributed by atoms with van der Waals surface area (Å²) < 4.78 is 44.3. The molecule has 4 rings (SSSR count). The third-order valence-corrected chi connectivity index (χ3v) is 6.27. The number of rotatable bonds is 8. The Hall–Kier alpha value is -3.58. The Balaban J connectivity index is 1.59. The third-order valence-electron chi connectivity index (χ3n) is 6.27. The molecule has 0 aliphatic rings. The highest BCUT2D eigenvalue weighted by Gasteiger charge is 2.14. The zero-order valence-corrected chi connectivity index (χ0v) is 19.2. The molecule has 0 bridgehead atoms. The van der Waals surface area contributed by atoms with E-state index in [0.29, 0.717) is 22.1 Å². The summed E-state index contributed by atoms with van der Waals surface area (Å²) in [7, 11) is 0. The Kier molecular flexibility index (Phi) is 7.33. The van der Waals surface area contributed by atoms with E-state index in [1.54, 1.807) is 24.3 Å². The van der Waals surface area contributed by atoms with Crippen molar-refractivity contribution in [2.24, 2.45) is 0 Å². The molecule has 0 radical (unpaired) electrons. The number of fused-ring (bicyclic) bond motifs is 1. The van der Waals surface area contributed by atoms with Crippen LogP contribution < -0.4 is 0 Å². The molecule has 0 saturated carbocycles. The second-order valence-corrected chi connectivity index (χ2v) is 8.65. The predicted octanol–water partition coefficient (Wildman–Crippen LogP) is 8.98. The van der Waals surface area contributed by atoms with Crippen LogP contribution in [0.4, 0.5) is 13.2 Å². The van der Waals surface area contributed by atoms with Gasteiger partial charge in [0.25, 0.3) is 0 Å². The van der Waals surface area contributed by atoms with Gasteiger partial charge >= 0.3 is 0 Å². The smallest absolute Gasteiger partial charge is 0.141 e. The fraction of sp³-hybridized carbons (Fsp3) is 0.233. The number of halogens is 3. The van der Waals surface area contributed by atoms with Crippen molar-refractivity contribution in [3.63, 3.8) is 0 Å². The highest BCUT2D eigenvalue weighted by atomic mass is 19.1. The molecule has 4 aromatic carbocycles. The molecular formula is C30H26F3N. The molecule has 34 heavy (non-hydrogen) atoms. The Morgan fingerprint density at radius 1 is 0.706 bits per heavy atom. The molecule has 0 heterocycles. The van der Waals surface area contributed by atoms with Crippen molar-refractivity contribution in [1.29, 1.82) is 5.26 Å². The first-order chi connectivity index (χ1) is 16.5. The van der Waals surface area contributed by atoms with Gasteiger partial charge < -0.3 is 0 Å². The first-order valence-electron chi connectivity index (χ1n) is 11.7. The molecule has 172 valence electrons. The van der Waals surface area contributed by atoms with Crippen LogP contribution in [0.5, 0.6) is 0 Å². The van der Waals surface area contributed by atoms with Crippen molar-refractivity contribution in [2.75, 3.05) is 0 Å². The molecule has 0 saturated heterocycles. The molecule has 0 aliphatic heterocycles. The van der Waals surface area contributed by atoms with Gasteiger partial charge in [-0.05, 0) is 53.1 Å². The zero-order chi connectivity index (χ0) is 24.1. The Morgan fingerprint density at radius 3 is 2.15 bits per heavy atom. The van der Waals surface area contributed by atoms with Gasteiger partial charge in [0.05, 0.1) is 5.56 Å². The van der Waals surface area contributed by atoms with E-state index in [1.165, 1.54) is 55.5 Å². The Labute approximate surface area is 198 Å². The van der Waals surface area contributed by atoms with Crippen LogP contribution in [0, 0.1) is 28.8 Å². The number of hydrogen-bond donors (Lipinski definition) is 0. The standard InChI is InChI=1S/C30H26F3N/c1-2-3-4-5-6-7-20-8-13-26-21(16-20)12-15-27(30(26)33)23-11-14-25(29(32)18-23)22-9-10-24(19-34)28(31)17-22/h8-18H,2-7H2,1H3. The maximum absolute atomic E-state index is 15.4. The van der Waals surface area contributed by atoms with Crippen LogP contribution in [0.25, 0.3) is 33.0 Å². The first kappa shape index (κ1) is 23.6. The highest BCUT2D eigenvalue weighted by Crippen LogP contribution is 2.33. The van der Waals surface area contributed by atoms with Gasteiger partial charge in [-0.3, -0.25) is 0 Å². The zero-order valence-electron chi connectivity index (χ0n) is 19.2. The van der Waals surface area contributed by atoms with Crippen LogP contribution in [0.15, 0.2) is 66.7 Å². The molecule has 0 spiro atoms. The summed E-state index contributed by atoms with van der Waals surface area (Å²) >= 11 is 0. The molecule has 4 aromatic rings. The van der Waals surface area contributed by atoms with Gasteiger partial charge in [-0.15, -0.1) is 0 Å². The number of nitriles is 1. The van der Waals surface area contributed by atoms with E-state index in [2.05, 4.69) is 6.92 Å². The monoisotopic (exact) mass is 457 g/mol. The average Bonchev–Trinajstić information content (AvgIpc) is 2.84. The molecular weight excluding hydrogens is 431 g/mol. The quantitative estimate of drug-likeness (QED) is 0.242. The largest absolute Gasteiger partial charge is 0.206 e. The lowest BCUT2D eigenvalue weighted by molar-refractivity contribution is 0.622. The molecule has 0 N–H and O–H groups in total. The van der Waals surface area contributed by atoms with E-state index >= 15 is 4.39 Å². The summed E-state index contributed by atoms with van der Waals surface area (Å²) in [5, 5.41) is 10.2. The summed E-state index contributed by atoms with van der Waals surface area (Å²) in [5.41, 5.74) is 2.34. The van der Waals surface area contributed by atoms with Crippen LogP contribution >= 0.6 is 0 Å². The van der Waals surface area contributed by atoms with E-state index in [0.717, 1.165) is 24.3 Å². The van der Waals surface area contributed by atoms with Crippen LogP contribution in [-0.2, 0) is 6.42 Å². The molecule has 0 aromatic heterocycles. The van der Waals surface area contributed by atoms with Crippen LogP contribution in [0.2, 0.25) is 0 Å². The third kappa shape index (κ3) is 4.99. The van der Waals surface area contributed by atoms with E-state index < -0.39 is 11.6 Å². The van der Waals surface area contributed by atoms with Gasteiger partial charge in [-0.25, -0.2) is 13.2 Å². The van der Waals surface area contributed by atoms with E-state index in [-0.39, 0.29) is 16.9 Å². The van der Waals surface area contributed by atoms with Gasteiger partial charge in [-0.1, -0.05) is 81.1 Å². The summed E-state index contributed by atoms with van der Waals surface area (Å²) in [6.45, 7) is 2.20. The van der Waals surface area contributed by atoms with Crippen molar-refractivity contribution in [3.8, 4) is 28.3 Å². The Bertz CT molecular complexity index is 1370. The topological polar surface area (TPSA) is 23.8 Å². The second-order valence-electron chi connectivity index (χ2n) is 8.65. The van der Waals surface area contributed by atoms with Crippen molar-refractivity contribution in [2.45, 2.75) is 45.4 Å². The molecule has 0 atom stereocenters. The maximum atomic E-state index is 15.4. The van der Waals surface area contributed by atoms with Crippen molar-refractivity contribution in [3.05, 3.63) is 95.3 Å². The highest BCUT2D eigenvalue weighted by molar-refractivity contribution is 5.89. The van der Waals surface area contributed by atoms with Gasteiger partial charge in [0.2, 0.25) is 0 Å². The lowest BCUT2D eigenvalue weighted by Gasteiger charge is -2.11. The van der Waals surface area contributed by atoms with E-state index in [4.69, 9.17) is 5.26 Å². The number of nitrogens with zero attached hydrogens (tertiary/aromatic N) is 1. The van der Waals surface area contributed by atoms with Crippen molar-refractivity contribution in [1.82, 2.24) is 0 Å². The number of hydrogen-bond acceptors (Lipinski definition) is 1. The summed E-state index contributed by atoms with van der Waals surface area (Å²) in [6.07, 6.45) is 7.04. The van der Waals surface area contributed by atoms with E-state index in [1.807, 2.05) is 18.2 Å². The number of unbranched alkanes of at least 4 members (excludes halogenated alkanes) is 4. The Morgan fingerprint density at radius 2 is 1.41 bits per heavy atom. The normalized spacial score (nSPS) is 11.0. The summed E-state index contributed by atoms with van der Waals surface area (Å²) in [5.74, 6) is -1.67. The van der Waals surface area contributed by atoms with Crippen LogP contribution in [0.3, 0.4) is 0 Å². The lowest BCUT2D eigenvalue weighted by Crippen LogP contribution is -1.92. The molecule has 4 heteroatoms. The van der Waals surface area contributed by atoms with Gasteiger partial charge in [0, 0.05) is 16.5 Å². The summed E-state index contributed by atoms with van der Waals surface area (Å²) in [6, 6.07) is 19.5. The molecule has 1 nitrogen and oxygen atoms in total. The fourth-order valence-electron chi connectivity index (χ4n) is 4.34. The molecule has 0 fully saturated rings. The number of benzene rings is 4. The van der Waals surface area contributed by atoms with Crippen molar-refractivity contribution < 1.29 is 13.2 Å². The van der Waals surface area contributed by atoms with Gasteiger partial charge in [-0.2, -0.15) is 5.26 Å². The predicted molar refractivity (Wildman–Crippen MR) is 132 cm³/mol. The first-order valence-corrected chi connectivity index (χ1v) is 11.7. The maximum Gasteiger partial charge on any atom is 0.141 e. The van der Waals surface area contributed by atoms with Crippen LogP contribution in [0.1, 0.15) is 50.2 Å².